The first-order valence-corrected chi connectivity index (χ1v) is 5.90. The van der Waals surface area contributed by atoms with Crippen LogP contribution in [-0.4, -0.2) is 36.0 Å². The van der Waals surface area contributed by atoms with Crippen LogP contribution in [0.2, 0.25) is 0 Å². The molecule has 78 valence electrons. The van der Waals surface area contributed by atoms with Crippen molar-refractivity contribution in [2.45, 2.75) is 31.5 Å². The van der Waals surface area contributed by atoms with Crippen LogP contribution in [0.1, 0.15) is 26.7 Å². The van der Waals surface area contributed by atoms with E-state index in [4.69, 9.17) is 0 Å². The normalized spacial score (nSPS) is 29.1. The number of halogens is 2. The van der Waals surface area contributed by atoms with Crippen molar-refractivity contribution in [1.82, 2.24) is 4.90 Å². The summed E-state index contributed by atoms with van der Waals surface area (Å²) in [6.07, 6.45) is 1.86. The average molecular weight is 252 g/mol. The standard InChI is InChI=1S/C10H19BrFN/c1-10(2)8-13(6-3-5-12)7-4-9(10)11/h9H,3-8H2,1-2H3. The summed E-state index contributed by atoms with van der Waals surface area (Å²) in [4.78, 5) is 2.98. The molecule has 1 aliphatic heterocycles. The van der Waals surface area contributed by atoms with Crippen molar-refractivity contribution < 1.29 is 4.39 Å². The van der Waals surface area contributed by atoms with Gasteiger partial charge in [-0.05, 0) is 24.8 Å². The molecule has 1 heterocycles. The second-order valence-corrected chi connectivity index (χ2v) is 5.67. The number of alkyl halides is 2. The van der Waals surface area contributed by atoms with E-state index in [1.165, 1.54) is 6.42 Å². The van der Waals surface area contributed by atoms with Crippen molar-refractivity contribution in [3.8, 4) is 0 Å². The third-order valence-electron chi connectivity index (χ3n) is 2.79. The maximum absolute atomic E-state index is 12.0. The molecular formula is C10H19BrFN. The van der Waals surface area contributed by atoms with Crippen molar-refractivity contribution in [1.29, 1.82) is 0 Å². The first-order valence-electron chi connectivity index (χ1n) is 4.98. The Morgan fingerprint density at radius 3 is 2.77 bits per heavy atom. The zero-order valence-corrected chi connectivity index (χ0v) is 10.1. The zero-order chi connectivity index (χ0) is 9.90. The highest BCUT2D eigenvalue weighted by molar-refractivity contribution is 9.09. The van der Waals surface area contributed by atoms with Crippen LogP contribution in [0.25, 0.3) is 0 Å². The van der Waals surface area contributed by atoms with Gasteiger partial charge in [-0.1, -0.05) is 29.8 Å². The van der Waals surface area contributed by atoms with E-state index in [0.29, 0.717) is 16.7 Å². The summed E-state index contributed by atoms with van der Waals surface area (Å²) in [5.74, 6) is 0. The van der Waals surface area contributed by atoms with Gasteiger partial charge >= 0.3 is 0 Å². The van der Waals surface area contributed by atoms with Gasteiger partial charge in [-0.3, -0.25) is 4.39 Å². The van der Waals surface area contributed by atoms with Crippen LogP contribution >= 0.6 is 15.9 Å². The highest BCUT2D eigenvalue weighted by Crippen LogP contribution is 2.34. The number of hydrogen-bond acceptors (Lipinski definition) is 1. The largest absolute Gasteiger partial charge is 0.303 e. The van der Waals surface area contributed by atoms with Crippen LogP contribution < -0.4 is 0 Å². The number of hydrogen-bond donors (Lipinski definition) is 0. The van der Waals surface area contributed by atoms with Crippen LogP contribution in [0.5, 0.6) is 0 Å². The van der Waals surface area contributed by atoms with E-state index in [2.05, 4.69) is 34.7 Å². The molecule has 1 aliphatic rings. The molecule has 0 N–H and O–H groups in total. The van der Waals surface area contributed by atoms with Crippen LogP contribution in [-0.2, 0) is 0 Å². The van der Waals surface area contributed by atoms with Crippen LogP contribution in [0.4, 0.5) is 4.39 Å². The lowest BCUT2D eigenvalue weighted by atomic mass is 9.84. The lowest BCUT2D eigenvalue weighted by Gasteiger charge is -2.41. The Bertz CT molecular complexity index is 159. The SMILES string of the molecule is CC1(C)CN(CCCF)CCC1Br. The molecule has 0 spiro atoms. The third kappa shape index (κ3) is 3.21. The minimum Gasteiger partial charge on any atom is -0.303 e. The van der Waals surface area contributed by atoms with Gasteiger partial charge in [0.1, 0.15) is 0 Å². The van der Waals surface area contributed by atoms with E-state index in [-0.39, 0.29) is 6.67 Å². The molecule has 0 aliphatic carbocycles. The Kier molecular flexibility index (Phi) is 4.17. The average Bonchev–Trinajstić information content (AvgIpc) is 2.07. The molecule has 1 unspecified atom stereocenters. The predicted molar refractivity (Wildman–Crippen MR) is 58.1 cm³/mol. The smallest absolute Gasteiger partial charge is 0.0906 e. The highest BCUT2D eigenvalue weighted by Gasteiger charge is 2.33. The predicted octanol–water partition coefficient (Wildman–Crippen LogP) is 2.84. The van der Waals surface area contributed by atoms with Crippen LogP contribution in [0.3, 0.4) is 0 Å². The minimum absolute atomic E-state index is 0.186. The summed E-state index contributed by atoms with van der Waals surface area (Å²) in [6.45, 7) is 7.47. The van der Waals surface area contributed by atoms with Gasteiger partial charge in [-0.15, -0.1) is 0 Å². The molecule has 0 aromatic carbocycles. The van der Waals surface area contributed by atoms with E-state index in [9.17, 15) is 4.39 Å². The van der Waals surface area contributed by atoms with Crippen molar-refractivity contribution in [3.05, 3.63) is 0 Å². The maximum atomic E-state index is 12.0. The minimum atomic E-state index is -0.186. The van der Waals surface area contributed by atoms with Gasteiger partial charge in [0.15, 0.2) is 0 Å². The molecule has 0 bridgehead atoms. The quantitative estimate of drug-likeness (QED) is 0.698. The second kappa shape index (κ2) is 4.74. The number of nitrogens with zero attached hydrogens (tertiary/aromatic N) is 1. The molecule has 0 aromatic rings. The first-order chi connectivity index (χ1) is 6.06. The fourth-order valence-corrected chi connectivity index (χ4v) is 2.26. The third-order valence-corrected chi connectivity index (χ3v) is 4.48. The first kappa shape index (κ1) is 11.4. The van der Waals surface area contributed by atoms with Gasteiger partial charge in [0.05, 0.1) is 6.67 Å². The topological polar surface area (TPSA) is 3.24 Å². The molecule has 1 nitrogen and oxygen atoms in total. The fourth-order valence-electron chi connectivity index (χ4n) is 1.92. The van der Waals surface area contributed by atoms with Crippen molar-refractivity contribution in [2.75, 3.05) is 26.3 Å². The second-order valence-electron chi connectivity index (χ2n) is 4.56. The molecule has 1 saturated heterocycles. The van der Waals surface area contributed by atoms with Gasteiger partial charge in [-0.2, -0.15) is 0 Å². The summed E-state index contributed by atoms with van der Waals surface area (Å²) in [5.41, 5.74) is 0.328. The van der Waals surface area contributed by atoms with E-state index < -0.39 is 0 Å². The molecule has 0 aromatic heterocycles. The van der Waals surface area contributed by atoms with E-state index in [1.54, 1.807) is 0 Å². The Morgan fingerprint density at radius 2 is 2.23 bits per heavy atom. The molecule has 1 atom stereocenters. The van der Waals surface area contributed by atoms with Crippen LogP contribution in [0.15, 0.2) is 0 Å². The zero-order valence-electron chi connectivity index (χ0n) is 8.52. The van der Waals surface area contributed by atoms with E-state index in [0.717, 1.165) is 19.6 Å². The molecule has 0 radical (unpaired) electrons. The fraction of sp³-hybridized carbons (Fsp3) is 1.00. The number of piperidine rings is 1. The molecule has 0 saturated carbocycles. The molecule has 3 heteroatoms. The van der Waals surface area contributed by atoms with E-state index >= 15 is 0 Å². The number of likely N-dealkylation sites (tertiary alicyclic amines) is 1. The van der Waals surface area contributed by atoms with Gasteiger partial charge in [0.25, 0.3) is 0 Å². The Hall–Kier alpha value is 0.370. The van der Waals surface area contributed by atoms with Crippen molar-refractivity contribution in [2.24, 2.45) is 5.41 Å². The Labute approximate surface area is 88.8 Å². The summed E-state index contributed by atoms with van der Waals surface area (Å²) >= 11 is 3.70. The van der Waals surface area contributed by atoms with Gasteiger partial charge < -0.3 is 4.90 Å². The van der Waals surface area contributed by atoms with Gasteiger partial charge in [0.2, 0.25) is 0 Å². The maximum Gasteiger partial charge on any atom is 0.0906 e. The summed E-state index contributed by atoms with van der Waals surface area (Å²) in [7, 11) is 0. The van der Waals surface area contributed by atoms with Crippen LogP contribution in [0, 0.1) is 5.41 Å². The summed E-state index contributed by atoms with van der Waals surface area (Å²) in [5, 5.41) is 0. The monoisotopic (exact) mass is 251 g/mol. The van der Waals surface area contributed by atoms with Crippen molar-refractivity contribution >= 4 is 15.9 Å². The summed E-state index contributed by atoms with van der Waals surface area (Å²) in [6, 6.07) is 0. The Balaban J connectivity index is 2.37. The van der Waals surface area contributed by atoms with Gasteiger partial charge in [0, 0.05) is 17.9 Å². The Morgan fingerprint density at radius 1 is 1.54 bits per heavy atom. The van der Waals surface area contributed by atoms with Gasteiger partial charge in [-0.25, -0.2) is 0 Å². The summed E-state index contributed by atoms with van der Waals surface area (Å²) < 4.78 is 12.0. The number of rotatable bonds is 3. The highest BCUT2D eigenvalue weighted by atomic mass is 79.9. The van der Waals surface area contributed by atoms with E-state index in [1.807, 2.05) is 0 Å². The molecular weight excluding hydrogens is 233 g/mol. The lowest BCUT2D eigenvalue weighted by molar-refractivity contribution is 0.123. The molecule has 1 rings (SSSR count). The molecule has 0 amide bonds. The lowest BCUT2D eigenvalue weighted by Crippen LogP contribution is -2.46. The molecule has 1 fully saturated rings. The molecule has 13 heavy (non-hydrogen) atoms. The van der Waals surface area contributed by atoms with Crippen molar-refractivity contribution in [3.63, 3.8) is 0 Å².